The second-order valence-electron chi connectivity index (χ2n) is 7.64. The van der Waals surface area contributed by atoms with Gasteiger partial charge in [0.25, 0.3) is 0 Å². The highest BCUT2D eigenvalue weighted by atomic mass is 32.1. The molecule has 3 aromatic rings. The summed E-state index contributed by atoms with van der Waals surface area (Å²) < 4.78 is 5.48. The largest absolute Gasteiger partial charge is 0.338 e. The van der Waals surface area contributed by atoms with Crippen molar-refractivity contribution in [2.75, 3.05) is 26.2 Å². The second kappa shape index (κ2) is 8.51. The molecule has 0 spiro atoms. The van der Waals surface area contributed by atoms with Crippen LogP contribution in [0.25, 0.3) is 10.6 Å². The molecule has 0 aliphatic carbocycles. The average molecular weight is 398 g/mol. The first-order valence-corrected chi connectivity index (χ1v) is 10.8. The van der Waals surface area contributed by atoms with Gasteiger partial charge in [0.15, 0.2) is 5.82 Å². The van der Waals surface area contributed by atoms with Crippen LogP contribution in [-0.2, 0) is 6.54 Å². The zero-order valence-corrected chi connectivity index (χ0v) is 17.5. The van der Waals surface area contributed by atoms with Gasteiger partial charge in [-0.25, -0.2) is 4.98 Å². The molecule has 1 atom stereocenters. The van der Waals surface area contributed by atoms with E-state index in [2.05, 4.69) is 70.4 Å². The van der Waals surface area contributed by atoms with E-state index in [1.807, 2.05) is 6.07 Å². The highest BCUT2D eigenvalue weighted by Crippen LogP contribution is 2.25. The normalized spacial score (nSPS) is 17.3. The highest BCUT2D eigenvalue weighted by molar-refractivity contribution is 7.13. The Bertz CT molecular complexity index is 883. The fourth-order valence-electron chi connectivity index (χ4n) is 3.44. The Balaban J connectivity index is 1.31. The fraction of sp³-hybridized carbons (Fsp3) is 0.476. The Morgan fingerprint density at radius 2 is 1.79 bits per heavy atom. The summed E-state index contributed by atoms with van der Waals surface area (Å²) in [6.45, 7) is 11.3. The molecule has 1 aromatic carbocycles. The Morgan fingerprint density at radius 1 is 1.04 bits per heavy atom. The monoisotopic (exact) mass is 397 g/mol. The van der Waals surface area contributed by atoms with Crippen molar-refractivity contribution >= 4 is 11.3 Å². The molecule has 28 heavy (non-hydrogen) atoms. The van der Waals surface area contributed by atoms with E-state index in [4.69, 9.17) is 9.51 Å². The molecule has 3 heterocycles. The Hall–Kier alpha value is -2.09. The van der Waals surface area contributed by atoms with Gasteiger partial charge < -0.3 is 4.52 Å². The van der Waals surface area contributed by atoms with Crippen molar-refractivity contribution in [3.63, 3.8) is 0 Å². The van der Waals surface area contributed by atoms with Crippen LogP contribution >= 0.6 is 11.3 Å². The van der Waals surface area contributed by atoms with Gasteiger partial charge in [-0.2, -0.15) is 4.98 Å². The molecule has 0 N–H and O–H groups in total. The number of benzene rings is 1. The van der Waals surface area contributed by atoms with Crippen LogP contribution in [0.3, 0.4) is 0 Å². The minimum absolute atomic E-state index is 0.158. The SMILES string of the molecule is CC(C)c1noc(C(C)N2CCN(Cc3csc(-c4ccccc4)n3)CC2)n1. The number of nitrogens with zero attached hydrogens (tertiary/aromatic N) is 5. The molecule has 1 aliphatic rings. The van der Waals surface area contributed by atoms with E-state index in [9.17, 15) is 0 Å². The lowest BCUT2D eigenvalue weighted by atomic mass is 10.2. The first kappa shape index (κ1) is 19.2. The number of thiazole rings is 1. The summed E-state index contributed by atoms with van der Waals surface area (Å²) in [6.07, 6.45) is 0. The first-order valence-electron chi connectivity index (χ1n) is 9.90. The molecule has 2 aromatic heterocycles. The third-order valence-electron chi connectivity index (χ3n) is 5.24. The minimum Gasteiger partial charge on any atom is -0.338 e. The van der Waals surface area contributed by atoms with Gasteiger partial charge in [0, 0.05) is 49.6 Å². The van der Waals surface area contributed by atoms with Crippen molar-refractivity contribution < 1.29 is 4.52 Å². The average Bonchev–Trinajstić information content (AvgIpc) is 3.39. The van der Waals surface area contributed by atoms with Crippen LogP contribution in [0.5, 0.6) is 0 Å². The summed E-state index contributed by atoms with van der Waals surface area (Å²) in [5.74, 6) is 1.81. The maximum absolute atomic E-state index is 5.48. The van der Waals surface area contributed by atoms with Gasteiger partial charge in [0.05, 0.1) is 11.7 Å². The van der Waals surface area contributed by atoms with E-state index in [1.54, 1.807) is 11.3 Å². The molecule has 1 saturated heterocycles. The lowest BCUT2D eigenvalue weighted by Crippen LogP contribution is -2.46. The van der Waals surface area contributed by atoms with Gasteiger partial charge in [0.1, 0.15) is 5.01 Å². The second-order valence-corrected chi connectivity index (χ2v) is 8.50. The van der Waals surface area contributed by atoms with Crippen molar-refractivity contribution in [1.29, 1.82) is 0 Å². The van der Waals surface area contributed by atoms with Crippen LogP contribution in [-0.4, -0.2) is 51.1 Å². The summed E-state index contributed by atoms with van der Waals surface area (Å²) in [7, 11) is 0. The van der Waals surface area contributed by atoms with Gasteiger partial charge >= 0.3 is 0 Å². The predicted molar refractivity (Wildman–Crippen MR) is 111 cm³/mol. The molecule has 7 heteroatoms. The summed E-state index contributed by atoms with van der Waals surface area (Å²) in [5, 5.41) is 7.38. The maximum atomic E-state index is 5.48. The maximum Gasteiger partial charge on any atom is 0.243 e. The van der Waals surface area contributed by atoms with E-state index in [0.717, 1.165) is 55.1 Å². The van der Waals surface area contributed by atoms with Crippen LogP contribution < -0.4 is 0 Å². The lowest BCUT2D eigenvalue weighted by Gasteiger charge is -2.36. The van der Waals surface area contributed by atoms with E-state index in [0.29, 0.717) is 5.92 Å². The van der Waals surface area contributed by atoms with E-state index in [-0.39, 0.29) is 6.04 Å². The van der Waals surface area contributed by atoms with Crippen molar-refractivity contribution in [1.82, 2.24) is 24.9 Å². The summed E-state index contributed by atoms with van der Waals surface area (Å²) in [5.41, 5.74) is 2.35. The zero-order chi connectivity index (χ0) is 19.5. The molecule has 6 nitrogen and oxygen atoms in total. The van der Waals surface area contributed by atoms with Crippen LogP contribution in [0.1, 0.15) is 50.1 Å². The number of rotatable bonds is 6. The third-order valence-corrected chi connectivity index (χ3v) is 6.18. The highest BCUT2D eigenvalue weighted by Gasteiger charge is 2.26. The molecule has 1 aliphatic heterocycles. The molecule has 0 saturated carbocycles. The number of hydrogen-bond donors (Lipinski definition) is 0. The Morgan fingerprint density at radius 3 is 2.46 bits per heavy atom. The van der Waals surface area contributed by atoms with Crippen LogP contribution in [0.4, 0.5) is 0 Å². The standard InChI is InChI=1S/C21H27N5OS/c1-15(2)19-23-20(27-24-19)16(3)26-11-9-25(10-12-26)13-18-14-28-21(22-18)17-7-5-4-6-8-17/h4-8,14-16H,9-13H2,1-3H3. The first-order chi connectivity index (χ1) is 13.6. The molecule has 0 amide bonds. The van der Waals surface area contributed by atoms with Crippen molar-refractivity contribution in [3.05, 3.63) is 53.1 Å². The van der Waals surface area contributed by atoms with E-state index in [1.165, 1.54) is 5.56 Å². The Kier molecular flexibility index (Phi) is 5.85. The van der Waals surface area contributed by atoms with E-state index >= 15 is 0 Å². The van der Waals surface area contributed by atoms with Crippen molar-refractivity contribution in [3.8, 4) is 10.6 Å². The fourth-order valence-corrected chi connectivity index (χ4v) is 4.26. The lowest BCUT2D eigenvalue weighted by molar-refractivity contribution is 0.0840. The van der Waals surface area contributed by atoms with Crippen molar-refractivity contribution in [2.45, 2.75) is 39.3 Å². The molecule has 1 unspecified atom stereocenters. The third kappa shape index (κ3) is 4.32. The van der Waals surface area contributed by atoms with Crippen molar-refractivity contribution in [2.24, 2.45) is 0 Å². The summed E-state index contributed by atoms with van der Waals surface area (Å²) in [4.78, 5) is 14.3. The molecule has 1 fully saturated rings. The quantitative estimate of drug-likeness (QED) is 0.621. The smallest absolute Gasteiger partial charge is 0.243 e. The van der Waals surface area contributed by atoms with E-state index < -0.39 is 0 Å². The topological polar surface area (TPSA) is 58.3 Å². The summed E-state index contributed by atoms with van der Waals surface area (Å²) >= 11 is 1.72. The van der Waals surface area contributed by atoms with Gasteiger partial charge in [-0.1, -0.05) is 49.3 Å². The van der Waals surface area contributed by atoms with Gasteiger partial charge in [-0.15, -0.1) is 11.3 Å². The minimum atomic E-state index is 0.158. The number of piperazine rings is 1. The van der Waals surface area contributed by atoms with Crippen LogP contribution in [0, 0.1) is 0 Å². The van der Waals surface area contributed by atoms with Gasteiger partial charge in [-0.05, 0) is 6.92 Å². The molecule has 4 rings (SSSR count). The molecular weight excluding hydrogens is 370 g/mol. The molecule has 148 valence electrons. The van der Waals surface area contributed by atoms with Gasteiger partial charge in [0.2, 0.25) is 5.89 Å². The Labute approximate surface area is 170 Å². The van der Waals surface area contributed by atoms with Crippen LogP contribution in [0.2, 0.25) is 0 Å². The molecule has 0 radical (unpaired) electrons. The number of aromatic nitrogens is 3. The van der Waals surface area contributed by atoms with Gasteiger partial charge in [-0.3, -0.25) is 9.80 Å². The zero-order valence-electron chi connectivity index (χ0n) is 16.7. The summed E-state index contributed by atoms with van der Waals surface area (Å²) in [6, 6.07) is 10.5. The number of hydrogen-bond acceptors (Lipinski definition) is 7. The predicted octanol–water partition coefficient (Wildman–Crippen LogP) is 4.20. The van der Waals surface area contributed by atoms with Crippen LogP contribution in [0.15, 0.2) is 40.2 Å². The molecular formula is C21H27N5OS. The molecule has 0 bridgehead atoms.